The number of nitrogens with zero attached hydrogens (tertiary/aromatic N) is 2. The first-order valence-corrected chi connectivity index (χ1v) is 12.0. The van der Waals surface area contributed by atoms with Crippen LogP contribution in [0.15, 0.2) is 71.6 Å². The average Bonchev–Trinajstić information content (AvgIpc) is 2.84. The van der Waals surface area contributed by atoms with Crippen LogP contribution in [0.2, 0.25) is 0 Å². The van der Waals surface area contributed by atoms with Crippen LogP contribution in [0.3, 0.4) is 0 Å². The summed E-state index contributed by atoms with van der Waals surface area (Å²) in [6.07, 6.45) is -0.174. The Morgan fingerprint density at radius 2 is 1.50 bits per heavy atom. The molecule has 0 unspecified atom stereocenters. The van der Waals surface area contributed by atoms with Crippen molar-refractivity contribution in [2.75, 3.05) is 37.6 Å². The second kappa shape index (κ2) is 8.96. The lowest BCUT2D eigenvalue weighted by molar-refractivity contribution is 0.190. The van der Waals surface area contributed by atoms with Gasteiger partial charge >= 0.3 is 0 Å². The summed E-state index contributed by atoms with van der Waals surface area (Å²) in [5, 5.41) is 19.7. The maximum Gasteiger partial charge on any atom is 0.140 e. The number of benzene rings is 3. The Hall–Kier alpha value is -2.83. The summed E-state index contributed by atoms with van der Waals surface area (Å²) in [5.74, 6) is 1.26. The number of phenolic OH excluding ortho intramolecular Hbond substituents is 2. The summed E-state index contributed by atoms with van der Waals surface area (Å²) in [5.41, 5.74) is 3.44. The summed E-state index contributed by atoms with van der Waals surface area (Å²) >= 11 is 1.69. The van der Waals surface area contributed by atoms with E-state index in [0.717, 1.165) is 54.5 Å². The fourth-order valence-electron chi connectivity index (χ4n) is 4.43. The number of thioether (sulfide) groups is 1. The van der Waals surface area contributed by atoms with Crippen molar-refractivity contribution in [3.05, 3.63) is 77.9 Å². The highest BCUT2D eigenvalue weighted by Crippen LogP contribution is 2.54. The Balaban J connectivity index is 1.43. The minimum Gasteiger partial charge on any atom is -0.508 e. The van der Waals surface area contributed by atoms with Gasteiger partial charge in [0.2, 0.25) is 0 Å². The maximum absolute atomic E-state index is 9.94. The number of anilines is 1. The minimum absolute atomic E-state index is 0.00356. The first kappa shape index (κ1) is 21.0. The largest absolute Gasteiger partial charge is 0.508 e. The fourth-order valence-corrected chi connectivity index (χ4v) is 5.75. The molecule has 5 rings (SSSR count). The van der Waals surface area contributed by atoms with Gasteiger partial charge in [0, 0.05) is 31.9 Å². The zero-order valence-corrected chi connectivity index (χ0v) is 19.0. The number of rotatable bonds is 4. The third kappa shape index (κ3) is 4.25. The molecule has 0 bridgehead atoms. The lowest BCUT2D eigenvalue weighted by atomic mass is 9.99. The van der Waals surface area contributed by atoms with Crippen LogP contribution >= 0.6 is 11.8 Å². The van der Waals surface area contributed by atoms with Crippen LogP contribution < -0.4 is 9.64 Å². The molecule has 3 aromatic carbocycles. The van der Waals surface area contributed by atoms with E-state index in [0.29, 0.717) is 0 Å². The summed E-state index contributed by atoms with van der Waals surface area (Å²) in [6.45, 7) is 7.64. The van der Waals surface area contributed by atoms with Crippen molar-refractivity contribution in [3.63, 3.8) is 0 Å². The SMILES string of the molecule is CCN1CCN(c2ccc([C@@H]3Oc4ccc(O)cc4S[C@@H]3c3ccc(O)cc3)cc2)CC1. The standard InChI is InChI=1S/C26H28N2O3S/c1-2-27-13-15-28(16-14-27)20-7-3-18(4-8-20)25-26(19-5-9-21(29)10-6-19)32-24-17-22(30)11-12-23(24)31-25/h3-12,17,25-26,29-30H,2,13-16H2,1H3/t25-,26+/m0/s1. The van der Waals surface area contributed by atoms with E-state index in [-0.39, 0.29) is 22.9 Å². The predicted molar refractivity (Wildman–Crippen MR) is 129 cm³/mol. The smallest absolute Gasteiger partial charge is 0.140 e. The second-order valence-corrected chi connectivity index (χ2v) is 9.50. The Morgan fingerprint density at radius 1 is 0.844 bits per heavy atom. The van der Waals surface area contributed by atoms with Gasteiger partial charge in [0.05, 0.1) is 10.1 Å². The third-order valence-electron chi connectivity index (χ3n) is 6.34. The normalized spacial score (nSPS) is 21.1. The van der Waals surface area contributed by atoms with E-state index in [1.54, 1.807) is 36.0 Å². The van der Waals surface area contributed by atoms with Gasteiger partial charge in [0.1, 0.15) is 23.4 Å². The molecular formula is C26H28N2O3S. The lowest BCUT2D eigenvalue weighted by Gasteiger charge is -2.36. The predicted octanol–water partition coefficient (Wildman–Crippen LogP) is 5.21. The first-order valence-electron chi connectivity index (χ1n) is 11.1. The molecule has 1 saturated heterocycles. The number of ether oxygens (including phenoxy) is 1. The van der Waals surface area contributed by atoms with Gasteiger partial charge in [-0.05, 0) is 60.1 Å². The van der Waals surface area contributed by atoms with E-state index in [2.05, 4.69) is 41.0 Å². The van der Waals surface area contributed by atoms with Gasteiger partial charge in [-0.2, -0.15) is 0 Å². The van der Waals surface area contributed by atoms with Gasteiger partial charge in [-0.25, -0.2) is 0 Å². The molecule has 0 saturated carbocycles. The topological polar surface area (TPSA) is 56.2 Å². The second-order valence-electron chi connectivity index (χ2n) is 8.31. The van der Waals surface area contributed by atoms with Gasteiger partial charge < -0.3 is 24.7 Å². The minimum atomic E-state index is -0.174. The van der Waals surface area contributed by atoms with E-state index in [1.807, 2.05) is 18.2 Å². The number of fused-ring (bicyclic) bond motifs is 1. The van der Waals surface area contributed by atoms with E-state index >= 15 is 0 Å². The molecule has 2 heterocycles. The van der Waals surface area contributed by atoms with Crippen molar-refractivity contribution in [2.45, 2.75) is 23.2 Å². The molecule has 0 aliphatic carbocycles. The van der Waals surface area contributed by atoms with Crippen molar-refractivity contribution in [1.29, 1.82) is 0 Å². The molecule has 166 valence electrons. The number of aromatic hydroxyl groups is 2. The average molecular weight is 449 g/mol. The molecule has 0 aromatic heterocycles. The molecule has 0 radical (unpaired) electrons. The number of piperazine rings is 1. The quantitative estimate of drug-likeness (QED) is 0.572. The number of phenols is 2. The van der Waals surface area contributed by atoms with Crippen LogP contribution in [0.1, 0.15) is 29.4 Å². The molecule has 2 aliphatic heterocycles. The summed E-state index contributed by atoms with van der Waals surface area (Å²) in [4.78, 5) is 5.85. The van der Waals surface area contributed by atoms with E-state index < -0.39 is 0 Å². The zero-order chi connectivity index (χ0) is 22.1. The Morgan fingerprint density at radius 3 is 2.19 bits per heavy atom. The van der Waals surface area contributed by atoms with Crippen molar-refractivity contribution in [2.24, 2.45) is 0 Å². The van der Waals surface area contributed by atoms with E-state index in [1.165, 1.54) is 5.69 Å². The van der Waals surface area contributed by atoms with Crippen LogP contribution in [0.5, 0.6) is 17.2 Å². The fraction of sp³-hybridized carbons (Fsp3) is 0.308. The third-order valence-corrected chi connectivity index (χ3v) is 7.68. The van der Waals surface area contributed by atoms with Crippen LogP contribution in [0, 0.1) is 0 Å². The molecule has 0 spiro atoms. The van der Waals surface area contributed by atoms with Crippen molar-refractivity contribution >= 4 is 17.4 Å². The van der Waals surface area contributed by atoms with Crippen molar-refractivity contribution < 1.29 is 14.9 Å². The number of likely N-dealkylation sites (N-methyl/N-ethyl adjacent to an activating group) is 1. The van der Waals surface area contributed by atoms with Gasteiger partial charge in [0.25, 0.3) is 0 Å². The molecule has 3 aromatic rings. The highest BCUT2D eigenvalue weighted by atomic mass is 32.2. The summed E-state index contributed by atoms with van der Waals surface area (Å²) < 4.78 is 6.47. The van der Waals surface area contributed by atoms with Gasteiger partial charge in [-0.1, -0.05) is 31.2 Å². The first-order chi connectivity index (χ1) is 15.6. The molecule has 2 atom stereocenters. The number of hydrogen-bond acceptors (Lipinski definition) is 6. The van der Waals surface area contributed by atoms with E-state index in [9.17, 15) is 10.2 Å². The van der Waals surface area contributed by atoms with Gasteiger partial charge in [0.15, 0.2) is 0 Å². The highest BCUT2D eigenvalue weighted by molar-refractivity contribution is 7.99. The zero-order valence-electron chi connectivity index (χ0n) is 18.1. The van der Waals surface area contributed by atoms with Crippen molar-refractivity contribution in [3.8, 4) is 17.2 Å². The summed E-state index contributed by atoms with van der Waals surface area (Å²) in [6, 6.07) is 21.3. The monoisotopic (exact) mass is 448 g/mol. The molecule has 0 amide bonds. The molecule has 1 fully saturated rings. The molecule has 32 heavy (non-hydrogen) atoms. The molecular weight excluding hydrogens is 420 g/mol. The molecule has 2 N–H and O–H groups in total. The van der Waals surface area contributed by atoms with Crippen LogP contribution in [0.25, 0.3) is 0 Å². The Bertz CT molecular complexity index is 1060. The molecule has 5 nitrogen and oxygen atoms in total. The Kier molecular flexibility index (Phi) is 5.89. The van der Waals surface area contributed by atoms with Crippen molar-refractivity contribution in [1.82, 2.24) is 4.90 Å². The van der Waals surface area contributed by atoms with Crippen LogP contribution in [-0.2, 0) is 0 Å². The van der Waals surface area contributed by atoms with Gasteiger partial charge in [-0.15, -0.1) is 11.8 Å². The van der Waals surface area contributed by atoms with Gasteiger partial charge in [-0.3, -0.25) is 0 Å². The summed E-state index contributed by atoms with van der Waals surface area (Å²) in [7, 11) is 0. The van der Waals surface area contributed by atoms with Crippen LogP contribution in [0.4, 0.5) is 5.69 Å². The number of hydrogen-bond donors (Lipinski definition) is 2. The molecule has 6 heteroatoms. The van der Waals surface area contributed by atoms with E-state index in [4.69, 9.17) is 4.74 Å². The molecule has 2 aliphatic rings. The van der Waals surface area contributed by atoms with Crippen LogP contribution in [-0.4, -0.2) is 47.8 Å². The lowest BCUT2D eigenvalue weighted by Crippen LogP contribution is -2.46. The maximum atomic E-state index is 9.94. The Labute approximate surface area is 193 Å². The highest BCUT2D eigenvalue weighted by Gasteiger charge is 2.33.